The number of ether oxygens (including phenoxy) is 3. The SMILES string of the molecule is CCC(C)NC(=O)C(C)N(Cc1cccc(OC)c1)C(=O)CN(c1ccc2c(c1)OCO2)S(C)(=O)=O. The highest BCUT2D eigenvalue weighted by molar-refractivity contribution is 7.92. The van der Waals surface area contributed by atoms with Crippen molar-refractivity contribution in [3.05, 3.63) is 48.0 Å². The predicted molar refractivity (Wildman–Crippen MR) is 136 cm³/mol. The van der Waals surface area contributed by atoms with Crippen molar-refractivity contribution in [2.75, 3.05) is 31.0 Å². The number of hydrogen-bond acceptors (Lipinski definition) is 7. The molecule has 1 aliphatic heterocycles. The van der Waals surface area contributed by atoms with Crippen molar-refractivity contribution in [2.24, 2.45) is 0 Å². The van der Waals surface area contributed by atoms with Gasteiger partial charge in [-0.05, 0) is 50.1 Å². The fourth-order valence-electron chi connectivity index (χ4n) is 3.67. The standard InChI is InChI=1S/C25H33N3O7S/c1-6-17(2)26-25(30)18(3)27(14-19-8-7-9-21(12-19)33-4)24(29)15-28(36(5,31)32)20-10-11-22-23(13-20)35-16-34-22/h7-13,17-18H,6,14-16H2,1-5H3,(H,26,30). The van der Waals surface area contributed by atoms with E-state index in [0.29, 0.717) is 17.2 Å². The van der Waals surface area contributed by atoms with E-state index in [1.54, 1.807) is 44.4 Å². The molecule has 11 heteroatoms. The van der Waals surface area contributed by atoms with Gasteiger partial charge in [0.25, 0.3) is 0 Å². The van der Waals surface area contributed by atoms with Crippen LogP contribution in [0.15, 0.2) is 42.5 Å². The Hall–Kier alpha value is -3.47. The number of nitrogens with zero attached hydrogens (tertiary/aromatic N) is 2. The van der Waals surface area contributed by atoms with Crippen LogP contribution in [0, 0.1) is 0 Å². The van der Waals surface area contributed by atoms with Crippen molar-refractivity contribution in [3.63, 3.8) is 0 Å². The summed E-state index contributed by atoms with van der Waals surface area (Å²) in [6.07, 6.45) is 1.75. The molecule has 1 aliphatic rings. The minimum atomic E-state index is -3.85. The van der Waals surface area contributed by atoms with Crippen molar-refractivity contribution >= 4 is 27.5 Å². The molecule has 1 N–H and O–H groups in total. The number of carbonyl (C=O) groups is 2. The van der Waals surface area contributed by atoms with Gasteiger partial charge in [-0.1, -0.05) is 19.1 Å². The number of methoxy groups -OCH3 is 1. The Morgan fingerprint density at radius 1 is 1.11 bits per heavy atom. The first-order valence-electron chi connectivity index (χ1n) is 11.6. The lowest BCUT2D eigenvalue weighted by Crippen LogP contribution is -2.52. The van der Waals surface area contributed by atoms with Gasteiger partial charge >= 0.3 is 0 Å². The van der Waals surface area contributed by atoms with Crippen molar-refractivity contribution in [1.82, 2.24) is 10.2 Å². The van der Waals surface area contributed by atoms with Gasteiger partial charge in [0.05, 0.1) is 19.1 Å². The van der Waals surface area contributed by atoms with E-state index in [1.807, 2.05) is 19.9 Å². The molecule has 0 fully saturated rings. The lowest BCUT2D eigenvalue weighted by molar-refractivity contribution is -0.139. The summed E-state index contributed by atoms with van der Waals surface area (Å²) in [4.78, 5) is 28.0. The molecule has 2 unspecified atom stereocenters. The summed E-state index contributed by atoms with van der Waals surface area (Å²) in [5.74, 6) is 0.633. The molecule has 2 atom stereocenters. The number of fused-ring (bicyclic) bond motifs is 1. The van der Waals surface area contributed by atoms with Crippen LogP contribution in [0.3, 0.4) is 0 Å². The number of benzene rings is 2. The highest BCUT2D eigenvalue weighted by Gasteiger charge is 2.31. The summed E-state index contributed by atoms with van der Waals surface area (Å²) in [5, 5.41) is 2.90. The third-order valence-corrected chi connectivity index (χ3v) is 7.12. The fourth-order valence-corrected chi connectivity index (χ4v) is 4.51. The molecule has 196 valence electrons. The van der Waals surface area contributed by atoms with Gasteiger partial charge in [-0.2, -0.15) is 0 Å². The molecule has 0 bridgehead atoms. The van der Waals surface area contributed by atoms with Crippen LogP contribution in [0.5, 0.6) is 17.2 Å². The topological polar surface area (TPSA) is 114 Å². The highest BCUT2D eigenvalue weighted by Crippen LogP contribution is 2.36. The lowest BCUT2D eigenvalue weighted by atomic mass is 10.1. The van der Waals surface area contributed by atoms with Gasteiger partial charge in [-0.15, -0.1) is 0 Å². The maximum atomic E-state index is 13.6. The van der Waals surface area contributed by atoms with E-state index < -0.39 is 28.5 Å². The summed E-state index contributed by atoms with van der Waals surface area (Å²) in [7, 11) is -2.31. The maximum absolute atomic E-state index is 13.6. The number of hydrogen-bond donors (Lipinski definition) is 1. The first-order chi connectivity index (χ1) is 17.0. The van der Waals surface area contributed by atoms with Gasteiger partial charge in [-0.3, -0.25) is 13.9 Å². The van der Waals surface area contributed by atoms with Crippen LogP contribution in [-0.4, -0.2) is 63.9 Å². The quantitative estimate of drug-likeness (QED) is 0.485. The van der Waals surface area contributed by atoms with Gasteiger partial charge < -0.3 is 24.4 Å². The number of sulfonamides is 1. The number of carbonyl (C=O) groups excluding carboxylic acids is 2. The van der Waals surface area contributed by atoms with Crippen LogP contribution in [-0.2, 0) is 26.2 Å². The number of anilines is 1. The van der Waals surface area contributed by atoms with Crippen LogP contribution in [0.25, 0.3) is 0 Å². The third-order valence-electron chi connectivity index (χ3n) is 5.98. The monoisotopic (exact) mass is 519 g/mol. The van der Waals surface area contributed by atoms with Crippen molar-refractivity contribution < 1.29 is 32.2 Å². The Morgan fingerprint density at radius 2 is 1.83 bits per heavy atom. The second-order valence-electron chi connectivity index (χ2n) is 8.67. The van der Waals surface area contributed by atoms with Crippen LogP contribution < -0.4 is 23.8 Å². The Bertz CT molecular complexity index is 1200. The Morgan fingerprint density at radius 3 is 2.50 bits per heavy atom. The van der Waals surface area contributed by atoms with E-state index in [9.17, 15) is 18.0 Å². The zero-order valence-corrected chi connectivity index (χ0v) is 22.0. The van der Waals surface area contributed by atoms with E-state index in [0.717, 1.165) is 22.5 Å². The van der Waals surface area contributed by atoms with Gasteiger partial charge in [0.2, 0.25) is 28.6 Å². The maximum Gasteiger partial charge on any atom is 0.244 e. The van der Waals surface area contributed by atoms with Crippen molar-refractivity contribution in [2.45, 2.75) is 45.8 Å². The molecule has 3 rings (SSSR count). The van der Waals surface area contributed by atoms with E-state index >= 15 is 0 Å². The molecular formula is C25H33N3O7S. The highest BCUT2D eigenvalue weighted by atomic mass is 32.2. The molecule has 2 aromatic rings. The van der Waals surface area contributed by atoms with Gasteiger partial charge in [0, 0.05) is 18.7 Å². The molecule has 0 spiro atoms. The van der Waals surface area contributed by atoms with E-state index in [-0.39, 0.29) is 31.0 Å². The summed E-state index contributed by atoms with van der Waals surface area (Å²) in [5.41, 5.74) is 0.994. The minimum absolute atomic E-state index is 0.0354. The molecule has 0 saturated carbocycles. The largest absolute Gasteiger partial charge is 0.497 e. The van der Waals surface area contributed by atoms with Crippen LogP contribution >= 0.6 is 0 Å². The second kappa shape index (κ2) is 11.5. The second-order valence-corrected chi connectivity index (χ2v) is 10.6. The summed E-state index contributed by atoms with van der Waals surface area (Å²) in [6.45, 7) is 5.08. The molecule has 0 radical (unpaired) electrons. The van der Waals surface area contributed by atoms with E-state index in [1.165, 1.54) is 11.0 Å². The lowest BCUT2D eigenvalue weighted by Gasteiger charge is -2.32. The van der Waals surface area contributed by atoms with Crippen LogP contribution in [0.1, 0.15) is 32.8 Å². The first kappa shape index (κ1) is 27.1. The van der Waals surface area contributed by atoms with Crippen molar-refractivity contribution in [3.8, 4) is 17.2 Å². The van der Waals surface area contributed by atoms with Gasteiger partial charge in [0.1, 0.15) is 18.3 Å². The zero-order valence-electron chi connectivity index (χ0n) is 21.2. The number of nitrogens with one attached hydrogen (secondary N) is 1. The predicted octanol–water partition coefficient (Wildman–Crippen LogP) is 2.52. The van der Waals surface area contributed by atoms with E-state index in [2.05, 4.69) is 5.32 Å². The molecule has 2 amide bonds. The average Bonchev–Trinajstić information content (AvgIpc) is 3.32. The minimum Gasteiger partial charge on any atom is -0.497 e. The summed E-state index contributed by atoms with van der Waals surface area (Å²) in [6, 6.07) is 10.9. The average molecular weight is 520 g/mol. The molecule has 1 heterocycles. The first-order valence-corrected chi connectivity index (χ1v) is 13.5. The molecule has 0 aliphatic carbocycles. The zero-order chi connectivity index (χ0) is 26.5. The van der Waals surface area contributed by atoms with E-state index in [4.69, 9.17) is 14.2 Å². The number of rotatable bonds is 11. The molecule has 10 nitrogen and oxygen atoms in total. The van der Waals surface area contributed by atoms with Gasteiger partial charge in [0.15, 0.2) is 11.5 Å². The normalized spacial score (nSPS) is 14.0. The summed E-state index contributed by atoms with van der Waals surface area (Å²) >= 11 is 0. The summed E-state index contributed by atoms with van der Waals surface area (Å²) < 4.78 is 42.4. The van der Waals surface area contributed by atoms with Gasteiger partial charge in [-0.25, -0.2) is 8.42 Å². The third kappa shape index (κ3) is 6.60. The number of amides is 2. The van der Waals surface area contributed by atoms with Crippen LogP contribution in [0.2, 0.25) is 0 Å². The van der Waals surface area contributed by atoms with Crippen molar-refractivity contribution in [1.29, 1.82) is 0 Å². The Kier molecular flexibility index (Phi) is 8.67. The fraction of sp³-hybridized carbons (Fsp3) is 0.440. The Balaban J connectivity index is 1.92. The van der Waals surface area contributed by atoms with Crippen LogP contribution in [0.4, 0.5) is 5.69 Å². The molecule has 36 heavy (non-hydrogen) atoms. The Labute approximate surface area is 212 Å². The molecular weight excluding hydrogens is 486 g/mol. The smallest absolute Gasteiger partial charge is 0.244 e. The molecule has 2 aromatic carbocycles. The molecule has 0 aromatic heterocycles. The molecule has 0 saturated heterocycles.